The summed E-state index contributed by atoms with van der Waals surface area (Å²) in [6.45, 7) is -0.631. The molecule has 0 unspecified atom stereocenters. The van der Waals surface area contributed by atoms with Gasteiger partial charge in [-0.25, -0.2) is 4.98 Å². The third kappa shape index (κ3) is 3.05. The number of pyridine rings is 1. The Morgan fingerprint density at radius 3 is 2.89 bits per heavy atom. The summed E-state index contributed by atoms with van der Waals surface area (Å²) >= 11 is 0. The summed E-state index contributed by atoms with van der Waals surface area (Å²) in [6, 6.07) is 3.49. The number of alkyl halides is 2. The molecule has 2 aromatic rings. The zero-order valence-electron chi connectivity index (χ0n) is 10.4. The molecule has 0 saturated carbocycles. The predicted octanol–water partition coefficient (Wildman–Crippen LogP) is 2.02. The van der Waals surface area contributed by atoms with Gasteiger partial charge in [0.1, 0.15) is 12.4 Å². The van der Waals surface area contributed by atoms with Gasteiger partial charge < -0.3 is 10.5 Å². The molecule has 2 N–H and O–H groups in total. The van der Waals surface area contributed by atoms with Gasteiger partial charge in [-0.2, -0.15) is 8.78 Å². The molecule has 19 heavy (non-hydrogen) atoms. The Bertz CT molecular complexity index is 556. The van der Waals surface area contributed by atoms with E-state index < -0.39 is 6.55 Å². The van der Waals surface area contributed by atoms with E-state index in [9.17, 15) is 8.78 Å². The Balaban J connectivity index is 2.12. The van der Waals surface area contributed by atoms with Crippen molar-refractivity contribution in [2.75, 3.05) is 0 Å². The zero-order valence-corrected chi connectivity index (χ0v) is 10.4. The second-order valence-electron chi connectivity index (χ2n) is 3.92. The molecule has 0 saturated heterocycles. The SMILES string of the molecule is Cc1ccc(OCc2nccn2C(F)F)c(CN)n1. The summed E-state index contributed by atoms with van der Waals surface area (Å²) in [7, 11) is 0. The summed E-state index contributed by atoms with van der Waals surface area (Å²) in [5.74, 6) is 0.635. The van der Waals surface area contributed by atoms with Crippen LogP contribution < -0.4 is 10.5 Å². The van der Waals surface area contributed by atoms with E-state index in [1.165, 1.54) is 12.4 Å². The van der Waals surface area contributed by atoms with E-state index >= 15 is 0 Å². The van der Waals surface area contributed by atoms with Crippen LogP contribution in [-0.4, -0.2) is 14.5 Å². The standard InChI is InChI=1S/C12H14F2N4O/c1-8-2-3-10(9(6-15)17-8)19-7-11-16-4-5-18(11)12(13)14/h2-5,12H,6-7,15H2,1H3. The van der Waals surface area contributed by atoms with Crippen molar-refractivity contribution in [3.05, 3.63) is 41.7 Å². The molecular weight excluding hydrogens is 254 g/mol. The van der Waals surface area contributed by atoms with Crippen LogP contribution in [-0.2, 0) is 13.2 Å². The molecule has 0 bridgehead atoms. The maximum atomic E-state index is 12.6. The van der Waals surface area contributed by atoms with Crippen LogP contribution in [0.1, 0.15) is 23.8 Å². The minimum atomic E-state index is -2.63. The van der Waals surface area contributed by atoms with Crippen LogP contribution in [0, 0.1) is 6.92 Å². The number of aromatic nitrogens is 3. The second-order valence-corrected chi connectivity index (χ2v) is 3.92. The number of hydrogen-bond acceptors (Lipinski definition) is 4. The molecular formula is C12H14F2N4O. The van der Waals surface area contributed by atoms with Gasteiger partial charge in [0, 0.05) is 24.6 Å². The first-order chi connectivity index (χ1) is 9.11. The smallest absolute Gasteiger partial charge is 0.320 e. The highest BCUT2D eigenvalue weighted by atomic mass is 19.3. The maximum absolute atomic E-state index is 12.6. The van der Waals surface area contributed by atoms with Crippen molar-refractivity contribution in [1.29, 1.82) is 0 Å². The maximum Gasteiger partial charge on any atom is 0.320 e. The molecule has 0 atom stereocenters. The van der Waals surface area contributed by atoms with Crippen molar-refractivity contribution in [3.63, 3.8) is 0 Å². The summed E-state index contributed by atoms with van der Waals surface area (Å²) < 4.78 is 31.5. The average Bonchev–Trinajstić information content (AvgIpc) is 2.85. The first-order valence-corrected chi connectivity index (χ1v) is 5.71. The van der Waals surface area contributed by atoms with Crippen LogP contribution in [0.2, 0.25) is 0 Å². The Hall–Kier alpha value is -2.02. The Kier molecular flexibility index (Phi) is 4.06. The van der Waals surface area contributed by atoms with E-state index in [-0.39, 0.29) is 19.0 Å². The van der Waals surface area contributed by atoms with Crippen molar-refractivity contribution >= 4 is 0 Å². The fourth-order valence-electron chi connectivity index (χ4n) is 1.65. The lowest BCUT2D eigenvalue weighted by Gasteiger charge is -2.11. The third-order valence-electron chi connectivity index (χ3n) is 2.58. The van der Waals surface area contributed by atoms with Crippen molar-refractivity contribution < 1.29 is 13.5 Å². The molecule has 0 amide bonds. The van der Waals surface area contributed by atoms with Gasteiger partial charge in [-0.05, 0) is 19.1 Å². The van der Waals surface area contributed by atoms with Crippen LogP contribution in [0.25, 0.3) is 0 Å². The van der Waals surface area contributed by atoms with E-state index in [1.807, 2.05) is 6.92 Å². The molecule has 0 fully saturated rings. The van der Waals surface area contributed by atoms with Gasteiger partial charge in [0.15, 0.2) is 5.82 Å². The highest BCUT2D eigenvalue weighted by Crippen LogP contribution is 2.19. The molecule has 5 nitrogen and oxygen atoms in total. The summed E-state index contributed by atoms with van der Waals surface area (Å²) in [4.78, 5) is 8.06. The van der Waals surface area contributed by atoms with Crippen LogP contribution >= 0.6 is 0 Å². The van der Waals surface area contributed by atoms with Crippen molar-refractivity contribution in [2.24, 2.45) is 5.73 Å². The fourth-order valence-corrected chi connectivity index (χ4v) is 1.65. The Morgan fingerprint density at radius 1 is 1.42 bits per heavy atom. The Labute approximate surface area is 109 Å². The van der Waals surface area contributed by atoms with E-state index in [0.717, 1.165) is 10.3 Å². The first-order valence-electron chi connectivity index (χ1n) is 5.71. The summed E-state index contributed by atoms with van der Waals surface area (Å²) in [5.41, 5.74) is 6.98. The first kappa shape index (κ1) is 13.4. The lowest BCUT2D eigenvalue weighted by molar-refractivity contribution is 0.0632. The molecule has 2 aromatic heterocycles. The highest BCUT2D eigenvalue weighted by Gasteiger charge is 2.12. The topological polar surface area (TPSA) is 66.0 Å². The van der Waals surface area contributed by atoms with E-state index in [4.69, 9.17) is 10.5 Å². The number of halogens is 2. The molecule has 0 aliphatic heterocycles. The molecule has 102 valence electrons. The number of nitrogens with two attached hydrogens (primary N) is 1. The summed E-state index contributed by atoms with van der Waals surface area (Å²) in [5, 5.41) is 0. The van der Waals surface area contributed by atoms with E-state index in [2.05, 4.69) is 9.97 Å². The zero-order chi connectivity index (χ0) is 13.8. The van der Waals surface area contributed by atoms with Gasteiger partial charge in [0.05, 0.1) is 5.69 Å². The van der Waals surface area contributed by atoms with Gasteiger partial charge in [0.25, 0.3) is 0 Å². The lowest BCUT2D eigenvalue weighted by atomic mass is 10.3. The molecule has 0 aliphatic rings. The van der Waals surface area contributed by atoms with Gasteiger partial charge in [-0.1, -0.05) is 0 Å². The fraction of sp³-hybridized carbons (Fsp3) is 0.333. The van der Waals surface area contributed by atoms with Gasteiger partial charge >= 0.3 is 6.55 Å². The Morgan fingerprint density at radius 2 is 2.21 bits per heavy atom. The van der Waals surface area contributed by atoms with Gasteiger partial charge in [0.2, 0.25) is 0 Å². The minimum absolute atomic E-state index is 0.0604. The van der Waals surface area contributed by atoms with Crippen LogP contribution in [0.5, 0.6) is 5.75 Å². The van der Waals surface area contributed by atoms with E-state index in [0.29, 0.717) is 11.4 Å². The molecule has 0 spiro atoms. The minimum Gasteiger partial charge on any atom is -0.484 e. The number of hydrogen-bond donors (Lipinski definition) is 1. The molecule has 2 heterocycles. The quantitative estimate of drug-likeness (QED) is 0.901. The van der Waals surface area contributed by atoms with Crippen molar-refractivity contribution in [2.45, 2.75) is 26.6 Å². The molecule has 7 heteroatoms. The van der Waals surface area contributed by atoms with Crippen LogP contribution in [0.4, 0.5) is 8.78 Å². The number of aryl methyl sites for hydroxylation is 1. The van der Waals surface area contributed by atoms with Crippen LogP contribution in [0.3, 0.4) is 0 Å². The normalized spacial score (nSPS) is 11.0. The van der Waals surface area contributed by atoms with Gasteiger partial charge in [-0.3, -0.25) is 9.55 Å². The predicted molar refractivity (Wildman–Crippen MR) is 64.7 cm³/mol. The van der Waals surface area contributed by atoms with Gasteiger partial charge in [-0.15, -0.1) is 0 Å². The average molecular weight is 268 g/mol. The molecule has 0 radical (unpaired) electrons. The number of rotatable bonds is 5. The third-order valence-corrected chi connectivity index (χ3v) is 2.58. The lowest BCUT2D eigenvalue weighted by Crippen LogP contribution is -2.10. The van der Waals surface area contributed by atoms with Crippen LogP contribution in [0.15, 0.2) is 24.5 Å². The number of ether oxygens (including phenoxy) is 1. The molecule has 0 aliphatic carbocycles. The molecule has 2 rings (SSSR count). The monoisotopic (exact) mass is 268 g/mol. The summed E-state index contributed by atoms with van der Waals surface area (Å²) in [6.07, 6.45) is 2.52. The van der Waals surface area contributed by atoms with E-state index in [1.54, 1.807) is 12.1 Å². The van der Waals surface area contributed by atoms with Crippen molar-refractivity contribution in [3.8, 4) is 5.75 Å². The number of imidazole rings is 1. The number of nitrogens with zero attached hydrogens (tertiary/aromatic N) is 3. The largest absolute Gasteiger partial charge is 0.484 e. The highest BCUT2D eigenvalue weighted by molar-refractivity contribution is 5.29. The molecule has 0 aromatic carbocycles. The van der Waals surface area contributed by atoms with Crippen molar-refractivity contribution in [1.82, 2.24) is 14.5 Å². The second kappa shape index (κ2) is 5.75.